The van der Waals surface area contributed by atoms with Gasteiger partial charge in [-0.1, -0.05) is 17.3 Å². The average Bonchev–Trinajstić information content (AvgIpc) is 2.95. The Hall–Kier alpha value is -1.84. The molecular formula is C17H21N3O4S2. The summed E-state index contributed by atoms with van der Waals surface area (Å²) < 4.78 is 32.0. The van der Waals surface area contributed by atoms with E-state index >= 15 is 0 Å². The summed E-state index contributed by atoms with van der Waals surface area (Å²) in [6.45, 7) is 3.87. The molecule has 2 aromatic rings. The molecule has 1 fully saturated rings. The van der Waals surface area contributed by atoms with Crippen LogP contribution in [0.4, 0.5) is 0 Å². The maximum Gasteiger partial charge on any atom is 0.252 e. The summed E-state index contributed by atoms with van der Waals surface area (Å²) in [5.41, 5.74) is 0.880. The van der Waals surface area contributed by atoms with Gasteiger partial charge in [-0.15, -0.1) is 12.6 Å². The second kappa shape index (κ2) is 7.42. The number of hydrogen-bond acceptors (Lipinski definition) is 6. The molecular weight excluding hydrogens is 374 g/mol. The van der Waals surface area contributed by atoms with Crippen molar-refractivity contribution in [3.63, 3.8) is 0 Å². The van der Waals surface area contributed by atoms with Gasteiger partial charge in [-0.3, -0.25) is 4.79 Å². The number of aromatic nitrogens is 1. The molecule has 140 valence electrons. The topological polar surface area (TPSA) is 92.5 Å². The Labute approximate surface area is 158 Å². The Morgan fingerprint density at radius 3 is 2.50 bits per heavy atom. The fourth-order valence-electron chi connectivity index (χ4n) is 3.14. The van der Waals surface area contributed by atoms with E-state index in [1.807, 2.05) is 6.07 Å². The number of nitrogens with one attached hydrogen (secondary N) is 1. The molecule has 1 saturated heterocycles. The molecule has 9 heteroatoms. The number of nitrogens with zero attached hydrogens (tertiary/aromatic N) is 2. The molecule has 1 aliphatic rings. The van der Waals surface area contributed by atoms with E-state index in [2.05, 4.69) is 23.1 Å². The van der Waals surface area contributed by atoms with E-state index in [0.717, 1.165) is 0 Å². The van der Waals surface area contributed by atoms with Crippen LogP contribution in [0.25, 0.3) is 0 Å². The van der Waals surface area contributed by atoms with Crippen molar-refractivity contribution in [3.05, 3.63) is 41.3 Å². The highest BCUT2D eigenvalue weighted by Crippen LogP contribution is 2.26. The normalized spacial score (nSPS) is 16.6. The van der Waals surface area contributed by atoms with Crippen molar-refractivity contribution in [1.82, 2.24) is 14.8 Å². The molecule has 1 aromatic carbocycles. The lowest BCUT2D eigenvalue weighted by Gasteiger charge is -2.31. The molecule has 0 bridgehead atoms. The van der Waals surface area contributed by atoms with Gasteiger partial charge in [0.05, 0.1) is 5.56 Å². The third kappa shape index (κ3) is 3.65. The monoisotopic (exact) mass is 395 g/mol. The van der Waals surface area contributed by atoms with Crippen LogP contribution in [-0.4, -0.2) is 42.9 Å². The summed E-state index contributed by atoms with van der Waals surface area (Å²) in [6, 6.07) is 7.00. The predicted molar refractivity (Wildman–Crippen MR) is 98.9 cm³/mol. The van der Waals surface area contributed by atoms with Crippen molar-refractivity contribution >= 4 is 28.6 Å². The van der Waals surface area contributed by atoms with Gasteiger partial charge in [0, 0.05) is 24.0 Å². The molecule has 0 unspecified atom stereocenters. The lowest BCUT2D eigenvalue weighted by molar-refractivity contribution is 0.0921. The first-order valence-electron chi connectivity index (χ1n) is 8.32. The molecule has 0 aliphatic carbocycles. The standard InChI is InChI=1S/C17H21N3O4S2/c1-11-16(12(2)24-19-11)26(22,23)20-9-7-13(8-10-20)18-17(21)14-5-3-4-6-15(14)25/h3-6,13,25H,7-10H2,1-2H3,(H,18,21). The Bertz CT molecular complexity index is 896. The third-order valence-corrected chi connectivity index (χ3v) is 7.04. The van der Waals surface area contributed by atoms with Crippen molar-refractivity contribution in [2.24, 2.45) is 0 Å². The van der Waals surface area contributed by atoms with Crippen molar-refractivity contribution in [1.29, 1.82) is 0 Å². The van der Waals surface area contributed by atoms with Gasteiger partial charge in [-0.25, -0.2) is 8.42 Å². The number of amides is 1. The Balaban J connectivity index is 1.64. The fourth-order valence-corrected chi connectivity index (χ4v) is 5.16. The molecule has 2 heterocycles. The molecule has 3 rings (SSSR count). The summed E-state index contributed by atoms with van der Waals surface area (Å²) in [4.78, 5) is 13.1. The first kappa shape index (κ1) is 18.9. The predicted octanol–water partition coefficient (Wildman–Crippen LogP) is 2.16. The van der Waals surface area contributed by atoms with Gasteiger partial charge in [-0.05, 0) is 38.8 Å². The van der Waals surface area contributed by atoms with Crippen LogP contribution in [-0.2, 0) is 10.0 Å². The first-order valence-corrected chi connectivity index (χ1v) is 10.2. The Kier molecular flexibility index (Phi) is 5.40. The highest BCUT2D eigenvalue weighted by Gasteiger charge is 2.34. The minimum Gasteiger partial charge on any atom is -0.360 e. The molecule has 0 spiro atoms. The average molecular weight is 396 g/mol. The number of carbonyl (C=O) groups is 1. The second-order valence-corrected chi connectivity index (χ2v) is 8.68. The summed E-state index contributed by atoms with van der Waals surface area (Å²) in [6.07, 6.45) is 1.09. The SMILES string of the molecule is Cc1noc(C)c1S(=O)(=O)N1CCC(NC(=O)c2ccccc2S)CC1. The van der Waals surface area contributed by atoms with Gasteiger partial charge in [0.15, 0.2) is 5.76 Å². The maximum atomic E-state index is 12.8. The van der Waals surface area contributed by atoms with Crippen LogP contribution in [0.3, 0.4) is 0 Å². The molecule has 7 nitrogen and oxygen atoms in total. The molecule has 1 N–H and O–H groups in total. The third-order valence-electron chi connectivity index (χ3n) is 4.50. The maximum absolute atomic E-state index is 12.8. The van der Waals surface area contributed by atoms with Crippen LogP contribution >= 0.6 is 12.6 Å². The Morgan fingerprint density at radius 2 is 1.92 bits per heavy atom. The molecule has 0 atom stereocenters. The van der Waals surface area contributed by atoms with Crippen LogP contribution in [0, 0.1) is 13.8 Å². The molecule has 0 radical (unpaired) electrons. The number of carbonyl (C=O) groups excluding carboxylic acids is 1. The van der Waals surface area contributed by atoms with Crippen molar-refractivity contribution in [2.45, 2.75) is 42.5 Å². The number of piperidine rings is 1. The zero-order valence-corrected chi connectivity index (χ0v) is 16.3. The number of rotatable bonds is 4. The molecule has 1 aliphatic heterocycles. The highest BCUT2D eigenvalue weighted by atomic mass is 32.2. The lowest BCUT2D eigenvalue weighted by atomic mass is 10.1. The van der Waals surface area contributed by atoms with Gasteiger partial charge in [-0.2, -0.15) is 4.31 Å². The van der Waals surface area contributed by atoms with E-state index in [-0.39, 0.29) is 16.8 Å². The van der Waals surface area contributed by atoms with E-state index in [0.29, 0.717) is 47.8 Å². The van der Waals surface area contributed by atoms with Crippen LogP contribution < -0.4 is 5.32 Å². The van der Waals surface area contributed by atoms with Gasteiger partial charge in [0.2, 0.25) is 10.0 Å². The summed E-state index contributed by atoms with van der Waals surface area (Å²) >= 11 is 4.30. The fraction of sp³-hybridized carbons (Fsp3) is 0.412. The molecule has 1 amide bonds. The minimum absolute atomic E-state index is 0.0773. The lowest BCUT2D eigenvalue weighted by Crippen LogP contribution is -2.46. The number of hydrogen-bond donors (Lipinski definition) is 2. The van der Waals surface area contributed by atoms with Crippen LogP contribution in [0.15, 0.2) is 38.6 Å². The van der Waals surface area contributed by atoms with Gasteiger partial charge < -0.3 is 9.84 Å². The van der Waals surface area contributed by atoms with Crippen LogP contribution in [0.2, 0.25) is 0 Å². The molecule has 26 heavy (non-hydrogen) atoms. The van der Waals surface area contributed by atoms with Crippen molar-refractivity contribution in [2.75, 3.05) is 13.1 Å². The highest BCUT2D eigenvalue weighted by molar-refractivity contribution is 7.89. The van der Waals surface area contributed by atoms with Gasteiger partial charge in [0.1, 0.15) is 10.6 Å². The zero-order chi connectivity index (χ0) is 18.9. The van der Waals surface area contributed by atoms with E-state index < -0.39 is 10.0 Å². The van der Waals surface area contributed by atoms with E-state index in [4.69, 9.17) is 4.52 Å². The van der Waals surface area contributed by atoms with Gasteiger partial charge in [0.25, 0.3) is 5.91 Å². The second-order valence-electron chi connectivity index (χ2n) is 6.32. The van der Waals surface area contributed by atoms with E-state index in [1.165, 1.54) is 4.31 Å². The number of aryl methyl sites for hydroxylation is 2. The first-order chi connectivity index (χ1) is 12.3. The van der Waals surface area contributed by atoms with Crippen molar-refractivity contribution < 1.29 is 17.7 Å². The van der Waals surface area contributed by atoms with Crippen LogP contribution in [0.5, 0.6) is 0 Å². The summed E-state index contributed by atoms with van der Waals surface area (Å²) in [7, 11) is -3.64. The van der Waals surface area contributed by atoms with Crippen LogP contribution in [0.1, 0.15) is 34.7 Å². The summed E-state index contributed by atoms with van der Waals surface area (Å²) in [5.74, 6) is 0.103. The minimum atomic E-state index is -3.64. The largest absolute Gasteiger partial charge is 0.360 e. The number of benzene rings is 1. The van der Waals surface area contributed by atoms with E-state index in [9.17, 15) is 13.2 Å². The van der Waals surface area contributed by atoms with E-state index in [1.54, 1.807) is 32.0 Å². The zero-order valence-electron chi connectivity index (χ0n) is 14.6. The van der Waals surface area contributed by atoms with Gasteiger partial charge >= 0.3 is 0 Å². The number of sulfonamides is 1. The van der Waals surface area contributed by atoms with Crippen molar-refractivity contribution in [3.8, 4) is 0 Å². The quantitative estimate of drug-likeness (QED) is 0.774. The Morgan fingerprint density at radius 1 is 1.27 bits per heavy atom. The number of thiol groups is 1. The smallest absolute Gasteiger partial charge is 0.252 e. The molecule has 0 saturated carbocycles. The molecule has 1 aromatic heterocycles. The summed E-state index contributed by atoms with van der Waals surface area (Å²) in [5, 5.41) is 6.69.